The third-order valence-corrected chi connectivity index (χ3v) is 3.74. The molecule has 100 valence electrons. The quantitative estimate of drug-likeness (QED) is 0.917. The number of hydrogen-bond acceptors (Lipinski definition) is 4. The van der Waals surface area contributed by atoms with Gasteiger partial charge >= 0.3 is 0 Å². The van der Waals surface area contributed by atoms with Crippen LogP contribution >= 0.6 is 0 Å². The van der Waals surface area contributed by atoms with Crippen LogP contribution in [0.2, 0.25) is 0 Å². The van der Waals surface area contributed by atoms with Crippen molar-refractivity contribution in [3.8, 4) is 0 Å². The second-order valence-corrected chi connectivity index (χ2v) is 5.20. The van der Waals surface area contributed by atoms with Gasteiger partial charge in [0.15, 0.2) is 5.82 Å². The average Bonchev–Trinajstić information content (AvgIpc) is 2.91. The van der Waals surface area contributed by atoms with E-state index in [-0.39, 0.29) is 0 Å². The molecular formula is C15H19N3O. The molecule has 19 heavy (non-hydrogen) atoms. The van der Waals surface area contributed by atoms with Crippen molar-refractivity contribution in [2.75, 3.05) is 13.1 Å². The average molecular weight is 257 g/mol. The van der Waals surface area contributed by atoms with Crippen molar-refractivity contribution in [3.63, 3.8) is 0 Å². The molecule has 4 nitrogen and oxygen atoms in total. The molecule has 0 unspecified atom stereocenters. The Morgan fingerprint density at radius 3 is 3.05 bits per heavy atom. The van der Waals surface area contributed by atoms with Crippen molar-refractivity contribution in [3.05, 3.63) is 47.1 Å². The molecule has 0 spiro atoms. The van der Waals surface area contributed by atoms with E-state index in [1.165, 1.54) is 17.5 Å². The predicted octanol–water partition coefficient (Wildman–Crippen LogP) is 2.44. The molecule has 1 aromatic carbocycles. The highest BCUT2D eigenvalue weighted by Crippen LogP contribution is 2.22. The molecule has 1 aliphatic heterocycles. The van der Waals surface area contributed by atoms with Crippen molar-refractivity contribution in [2.45, 2.75) is 32.1 Å². The summed E-state index contributed by atoms with van der Waals surface area (Å²) in [7, 11) is 0. The van der Waals surface area contributed by atoms with Crippen LogP contribution < -0.4 is 5.32 Å². The second kappa shape index (κ2) is 5.53. The number of nitrogens with one attached hydrogen (secondary N) is 1. The largest absolute Gasteiger partial charge is 0.339 e. The lowest BCUT2D eigenvalue weighted by atomic mass is 10.00. The molecule has 1 fully saturated rings. The van der Waals surface area contributed by atoms with Crippen molar-refractivity contribution in [2.24, 2.45) is 0 Å². The Hall–Kier alpha value is -1.68. The number of aryl methyl sites for hydroxylation is 1. The first-order valence-corrected chi connectivity index (χ1v) is 6.90. The van der Waals surface area contributed by atoms with Gasteiger partial charge in [-0.2, -0.15) is 4.98 Å². The highest BCUT2D eigenvalue weighted by molar-refractivity contribution is 5.28. The summed E-state index contributed by atoms with van der Waals surface area (Å²) in [5.41, 5.74) is 2.53. The number of nitrogens with zero attached hydrogens (tertiary/aromatic N) is 2. The zero-order valence-electron chi connectivity index (χ0n) is 11.2. The second-order valence-electron chi connectivity index (χ2n) is 5.20. The smallest absolute Gasteiger partial charge is 0.231 e. The van der Waals surface area contributed by atoms with Gasteiger partial charge in [0.25, 0.3) is 0 Å². The minimum absolute atomic E-state index is 0.381. The van der Waals surface area contributed by atoms with Gasteiger partial charge in [0.2, 0.25) is 5.89 Å². The van der Waals surface area contributed by atoms with E-state index < -0.39 is 0 Å². The Morgan fingerprint density at radius 2 is 2.26 bits per heavy atom. The molecule has 1 N–H and O–H groups in total. The van der Waals surface area contributed by atoms with E-state index in [4.69, 9.17) is 4.52 Å². The van der Waals surface area contributed by atoms with Gasteiger partial charge in [-0.3, -0.25) is 0 Å². The maximum absolute atomic E-state index is 5.42. The molecule has 1 aromatic heterocycles. The fourth-order valence-corrected chi connectivity index (χ4v) is 2.55. The first kappa shape index (κ1) is 12.4. The lowest BCUT2D eigenvalue weighted by Gasteiger charge is -2.18. The molecule has 0 bridgehead atoms. The number of rotatable bonds is 3. The summed E-state index contributed by atoms with van der Waals surface area (Å²) in [6.07, 6.45) is 3.06. The number of piperidine rings is 1. The lowest BCUT2D eigenvalue weighted by molar-refractivity contribution is 0.320. The summed E-state index contributed by atoms with van der Waals surface area (Å²) in [4.78, 5) is 4.55. The fourth-order valence-electron chi connectivity index (χ4n) is 2.55. The van der Waals surface area contributed by atoms with Crippen LogP contribution in [0.15, 0.2) is 28.8 Å². The topological polar surface area (TPSA) is 51.0 Å². The van der Waals surface area contributed by atoms with E-state index in [1.807, 2.05) is 12.1 Å². The van der Waals surface area contributed by atoms with Crippen LogP contribution in [-0.4, -0.2) is 23.2 Å². The zero-order valence-corrected chi connectivity index (χ0v) is 11.2. The fraction of sp³-hybridized carbons (Fsp3) is 0.467. The monoisotopic (exact) mass is 257 g/mol. The lowest BCUT2D eigenvalue weighted by Crippen LogP contribution is -2.28. The van der Waals surface area contributed by atoms with E-state index in [0.29, 0.717) is 5.92 Å². The Balaban J connectivity index is 1.73. The summed E-state index contributed by atoms with van der Waals surface area (Å²) in [6, 6.07) is 8.33. The van der Waals surface area contributed by atoms with Crippen LogP contribution in [0.1, 0.15) is 41.6 Å². The molecule has 0 aliphatic carbocycles. The first-order valence-electron chi connectivity index (χ1n) is 6.90. The van der Waals surface area contributed by atoms with E-state index in [2.05, 4.69) is 34.5 Å². The third-order valence-electron chi connectivity index (χ3n) is 3.74. The Morgan fingerprint density at radius 1 is 1.37 bits per heavy atom. The van der Waals surface area contributed by atoms with Crippen molar-refractivity contribution < 1.29 is 4.52 Å². The maximum Gasteiger partial charge on any atom is 0.231 e. The van der Waals surface area contributed by atoms with E-state index in [1.54, 1.807) is 0 Å². The summed E-state index contributed by atoms with van der Waals surface area (Å²) < 4.78 is 5.42. The standard InChI is InChI=1S/C15H19N3O/c1-11-5-2-3-6-12(11)9-14-17-15(19-18-14)13-7-4-8-16-10-13/h2-3,5-6,13,16H,4,7-10H2,1H3/t13-/m1/s1. The van der Waals surface area contributed by atoms with Gasteiger partial charge in [-0.1, -0.05) is 29.4 Å². The highest BCUT2D eigenvalue weighted by Gasteiger charge is 2.21. The van der Waals surface area contributed by atoms with E-state index in [9.17, 15) is 0 Å². The summed E-state index contributed by atoms with van der Waals surface area (Å²) in [5.74, 6) is 1.96. The molecule has 1 aliphatic rings. The molecule has 1 saturated heterocycles. The van der Waals surface area contributed by atoms with Crippen molar-refractivity contribution in [1.82, 2.24) is 15.5 Å². The van der Waals surface area contributed by atoms with Gasteiger partial charge in [-0.05, 0) is 37.4 Å². The van der Waals surface area contributed by atoms with Gasteiger partial charge < -0.3 is 9.84 Å². The van der Waals surface area contributed by atoms with Crippen LogP contribution in [0.25, 0.3) is 0 Å². The van der Waals surface area contributed by atoms with Crippen LogP contribution in [0, 0.1) is 6.92 Å². The zero-order chi connectivity index (χ0) is 13.1. The van der Waals surface area contributed by atoms with Gasteiger partial charge in [-0.15, -0.1) is 0 Å². The van der Waals surface area contributed by atoms with Gasteiger partial charge in [0.1, 0.15) is 0 Å². The van der Waals surface area contributed by atoms with Crippen LogP contribution in [0.3, 0.4) is 0 Å². The molecule has 2 heterocycles. The van der Waals surface area contributed by atoms with Gasteiger partial charge in [-0.25, -0.2) is 0 Å². The van der Waals surface area contributed by atoms with Crippen LogP contribution in [-0.2, 0) is 6.42 Å². The Kier molecular flexibility index (Phi) is 3.60. The van der Waals surface area contributed by atoms with Gasteiger partial charge in [0, 0.05) is 13.0 Å². The van der Waals surface area contributed by atoms with Gasteiger partial charge in [0.05, 0.1) is 5.92 Å². The number of aromatic nitrogens is 2. The summed E-state index contributed by atoms with van der Waals surface area (Å²) >= 11 is 0. The van der Waals surface area contributed by atoms with Crippen molar-refractivity contribution >= 4 is 0 Å². The third kappa shape index (κ3) is 2.84. The molecule has 1 atom stereocenters. The summed E-state index contributed by atoms with van der Waals surface area (Å²) in [5, 5.41) is 7.49. The molecule has 4 heteroatoms. The Labute approximate surface area is 113 Å². The number of benzene rings is 1. The first-order chi connectivity index (χ1) is 9.33. The molecule has 0 amide bonds. The van der Waals surface area contributed by atoms with Crippen LogP contribution in [0.5, 0.6) is 0 Å². The summed E-state index contributed by atoms with van der Waals surface area (Å²) in [6.45, 7) is 4.16. The maximum atomic E-state index is 5.42. The highest BCUT2D eigenvalue weighted by atomic mass is 16.5. The molecule has 0 saturated carbocycles. The SMILES string of the molecule is Cc1ccccc1Cc1noc([C@@H]2CCCNC2)n1. The van der Waals surface area contributed by atoms with E-state index in [0.717, 1.165) is 37.6 Å². The van der Waals surface area contributed by atoms with Crippen LogP contribution in [0.4, 0.5) is 0 Å². The molecule has 3 rings (SSSR count). The molecule has 0 radical (unpaired) electrons. The minimum atomic E-state index is 0.381. The number of hydrogen-bond donors (Lipinski definition) is 1. The molecule has 2 aromatic rings. The van der Waals surface area contributed by atoms with E-state index >= 15 is 0 Å². The van der Waals surface area contributed by atoms with Crippen molar-refractivity contribution in [1.29, 1.82) is 0 Å². The minimum Gasteiger partial charge on any atom is -0.339 e. The normalized spacial score (nSPS) is 19.5. The Bertz CT molecular complexity index is 544. The predicted molar refractivity (Wildman–Crippen MR) is 73.1 cm³/mol. The molecular weight excluding hydrogens is 238 g/mol.